The lowest BCUT2D eigenvalue weighted by molar-refractivity contribution is -0.112. The number of amides is 1. The SMILES string of the molecule is COc1ccccc1NC(=O)/C(C#N)=C\c1ccc(Oc2nc3c(c(=O)n(C)c(=O)n3C)n2Cc2ccc(Cl)cc2Cl)c(OC)c1. The number of carbonyl (C=O) groups is 1. The molecule has 0 saturated carbocycles. The first-order chi connectivity index (χ1) is 22.1. The van der Waals surface area contributed by atoms with Crippen LogP contribution >= 0.6 is 23.2 Å². The molecule has 0 aliphatic rings. The highest BCUT2D eigenvalue weighted by Crippen LogP contribution is 2.35. The number of imidazole rings is 1. The number of methoxy groups -OCH3 is 2. The second-order valence-corrected chi connectivity index (χ2v) is 10.8. The number of nitriles is 1. The van der Waals surface area contributed by atoms with E-state index >= 15 is 0 Å². The van der Waals surface area contributed by atoms with Gasteiger partial charge in [0.15, 0.2) is 22.7 Å². The molecular weight excluding hydrogens is 635 g/mol. The minimum Gasteiger partial charge on any atom is -0.495 e. The molecule has 12 nitrogen and oxygen atoms in total. The zero-order valence-corrected chi connectivity index (χ0v) is 26.5. The van der Waals surface area contributed by atoms with Gasteiger partial charge in [-0.05, 0) is 53.6 Å². The number of hydrogen-bond donors (Lipinski definition) is 1. The third-order valence-corrected chi connectivity index (χ3v) is 7.66. The van der Waals surface area contributed by atoms with Gasteiger partial charge in [-0.1, -0.05) is 47.5 Å². The highest BCUT2D eigenvalue weighted by Gasteiger charge is 2.23. The molecule has 5 aromatic rings. The Hall–Kier alpha value is -5.51. The number of aryl methyl sites for hydroxylation is 1. The predicted octanol–water partition coefficient (Wildman–Crippen LogP) is 5.14. The number of ether oxygens (including phenoxy) is 3. The Kier molecular flexibility index (Phi) is 9.18. The Bertz CT molecular complexity index is 2190. The summed E-state index contributed by atoms with van der Waals surface area (Å²) < 4.78 is 20.8. The second kappa shape index (κ2) is 13.2. The Morgan fingerprint density at radius 3 is 2.41 bits per heavy atom. The van der Waals surface area contributed by atoms with Gasteiger partial charge in [-0.25, -0.2) is 4.79 Å². The van der Waals surface area contributed by atoms with Crippen LogP contribution in [0.5, 0.6) is 23.3 Å². The van der Waals surface area contributed by atoms with Crippen LogP contribution in [0.4, 0.5) is 5.69 Å². The fraction of sp³-hybridized carbons (Fsp3) is 0.156. The molecule has 2 heterocycles. The summed E-state index contributed by atoms with van der Waals surface area (Å²) in [5, 5.41) is 13.2. The third kappa shape index (κ3) is 6.19. The zero-order valence-electron chi connectivity index (χ0n) is 25.0. The number of halogens is 2. The van der Waals surface area contributed by atoms with Gasteiger partial charge < -0.3 is 19.5 Å². The molecule has 0 aliphatic carbocycles. The smallest absolute Gasteiger partial charge is 0.332 e. The van der Waals surface area contributed by atoms with Crippen LogP contribution in [0, 0.1) is 11.3 Å². The molecule has 1 amide bonds. The van der Waals surface area contributed by atoms with Crippen molar-refractivity contribution < 1.29 is 19.0 Å². The largest absolute Gasteiger partial charge is 0.495 e. The van der Waals surface area contributed by atoms with Crippen molar-refractivity contribution in [2.24, 2.45) is 14.1 Å². The van der Waals surface area contributed by atoms with Crippen LogP contribution in [0.2, 0.25) is 10.0 Å². The van der Waals surface area contributed by atoms with Gasteiger partial charge in [-0.15, -0.1) is 0 Å². The number of nitrogens with zero attached hydrogens (tertiary/aromatic N) is 5. The van der Waals surface area contributed by atoms with Crippen LogP contribution in [0.15, 0.2) is 75.8 Å². The normalized spacial score (nSPS) is 11.3. The predicted molar refractivity (Wildman–Crippen MR) is 174 cm³/mol. The van der Waals surface area contributed by atoms with Gasteiger partial charge in [0, 0.05) is 24.1 Å². The van der Waals surface area contributed by atoms with E-state index in [1.807, 2.05) is 6.07 Å². The Balaban J connectivity index is 1.54. The van der Waals surface area contributed by atoms with Crippen LogP contribution in [0.25, 0.3) is 17.2 Å². The van der Waals surface area contributed by atoms with E-state index in [9.17, 15) is 19.6 Å². The maximum atomic E-state index is 13.3. The molecule has 3 aromatic carbocycles. The van der Waals surface area contributed by atoms with Gasteiger partial charge >= 0.3 is 11.7 Å². The number of rotatable bonds is 9. The van der Waals surface area contributed by atoms with E-state index in [4.69, 9.17) is 37.4 Å². The van der Waals surface area contributed by atoms with Crippen molar-refractivity contribution in [3.8, 4) is 29.3 Å². The summed E-state index contributed by atoms with van der Waals surface area (Å²) in [5.74, 6) is 0.255. The van der Waals surface area contributed by atoms with Crippen molar-refractivity contribution in [2.45, 2.75) is 6.54 Å². The molecule has 0 atom stereocenters. The maximum Gasteiger partial charge on any atom is 0.332 e. The van der Waals surface area contributed by atoms with Gasteiger partial charge in [-0.2, -0.15) is 10.2 Å². The molecule has 0 aliphatic heterocycles. The summed E-state index contributed by atoms with van der Waals surface area (Å²) >= 11 is 12.5. The van der Waals surface area contributed by atoms with Gasteiger partial charge in [0.05, 0.1) is 26.5 Å². The van der Waals surface area contributed by atoms with Crippen molar-refractivity contribution in [3.63, 3.8) is 0 Å². The summed E-state index contributed by atoms with van der Waals surface area (Å²) in [6.07, 6.45) is 1.40. The monoisotopic (exact) mass is 660 g/mol. The fourth-order valence-corrected chi connectivity index (χ4v) is 5.15. The summed E-state index contributed by atoms with van der Waals surface area (Å²) in [6.45, 7) is 0.0608. The minimum atomic E-state index is -0.631. The first kappa shape index (κ1) is 31.9. The molecule has 14 heteroatoms. The van der Waals surface area contributed by atoms with E-state index in [-0.39, 0.29) is 40.8 Å². The quantitative estimate of drug-likeness (QED) is 0.169. The molecule has 46 heavy (non-hydrogen) atoms. The average molecular weight is 662 g/mol. The fourth-order valence-electron chi connectivity index (χ4n) is 4.68. The Labute approximate surface area is 272 Å². The number of fused-ring (bicyclic) bond motifs is 1. The van der Waals surface area contributed by atoms with E-state index < -0.39 is 17.2 Å². The van der Waals surface area contributed by atoms with Gasteiger partial charge in [-0.3, -0.25) is 23.3 Å². The standard InChI is InChI=1S/C32H26Cl2N6O6/c1-38-28-27(30(42)39(2)32(38)43)40(17-19-10-11-21(33)15-22(19)34)31(37-28)46-25-12-9-18(14-26(25)45-4)13-20(16-35)29(41)36-23-7-5-6-8-24(23)44-3/h5-15H,17H2,1-4H3,(H,36,41)/b20-13-. The van der Waals surface area contributed by atoms with E-state index in [1.165, 1.54) is 43.5 Å². The summed E-state index contributed by atoms with van der Waals surface area (Å²) in [4.78, 5) is 43.4. The Morgan fingerprint density at radius 2 is 1.72 bits per heavy atom. The Morgan fingerprint density at radius 1 is 0.978 bits per heavy atom. The maximum absolute atomic E-state index is 13.3. The average Bonchev–Trinajstić information content (AvgIpc) is 3.41. The van der Waals surface area contributed by atoms with Crippen LogP contribution in [-0.4, -0.2) is 38.8 Å². The number of hydrogen-bond acceptors (Lipinski definition) is 8. The third-order valence-electron chi connectivity index (χ3n) is 7.08. The number of anilines is 1. The number of para-hydroxylation sites is 2. The van der Waals surface area contributed by atoms with E-state index in [1.54, 1.807) is 60.7 Å². The molecule has 0 bridgehead atoms. The van der Waals surface area contributed by atoms with Crippen molar-refractivity contribution in [2.75, 3.05) is 19.5 Å². The van der Waals surface area contributed by atoms with E-state index in [2.05, 4.69) is 10.3 Å². The lowest BCUT2D eigenvalue weighted by atomic mass is 10.1. The first-order valence-corrected chi connectivity index (χ1v) is 14.3. The molecule has 0 radical (unpaired) electrons. The molecule has 0 unspecified atom stereocenters. The van der Waals surface area contributed by atoms with Gasteiger partial charge in [0.1, 0.15) is 17.4 Å². The topological polar surface area (TPSA) is 142 Å². The van der Waals surface area contributed by atoms with Crippen LogP contribution < -0.4 is 30.8 Å². The zero-order chi connectivity index (χ0) is 33.1. The number of carbonyl (C=O) groups excluding carboxylic acids is 1. The first-order valence-electron chi connectivity index (χ1n) is 13.6. The van der Waals surface area contributed by atoms with Crippen LogP contribution in [0.1, 0.15) is 11.1 Å². The van der Waals surface area contributed by atoms with Crippen LogP contribution in [0.3, 0.4) is 0 Å². The van der Waals surface area contributed by atoms with Crippen molar-refractivity contribution >= 4 is 52.0 Å². The highest BCUT2D eigenvalue weighted by atomic mass is 35.5. The second-order valence-electron chi connectivity index (χ2n) is 9.93. The molecule has 2 aromatic heterocycles. The van der Waals surface area contributed by atoms with Gasteiger partial charge in [0.25, 0.3) is 11.5 Å². The minimum absolute atomic E-state index is 0.0187. The molecule has 234 valence electrons. The lowest BCUT2D eigenvalue weighted by Crippen LogP contribution is -2.37. The van der Waals surface area contributed by atoms with Crippen LogP contribution in [-0.2, 0) is 25.4 Å². The van der Waals surface area contributed by atoms with Crippen molar-refractivity contribution in [1.29, 1.82) is 5.26 Å². The summed E-state index contributed by atoms with van der Waals surface area (Å²) in [5.41, 5.74) is 0.411. The molecule has 0 saturated heterocycles. The highest BCUT2D eigenvalue weighted by molar-refractivity contribution is 6.35. The molecular formula is C32H26Cl2N6O6. The lowest BCUT2D eigenvalue weighted by Gasteiger charge is -2.14. The molecule has 1 N–H and O–H groups in total. The summed E-state index contributed by atoms with van der Waals surface area (Å²) in [7, 11) is 5.77. The number of benzene rings is 3. The molecule has 5 rings (SSSR count). The molecule has 0 spiro atoms. The van der Waals surface area contributed by atoms with Gasteiger partial charge in [0.2, 0.25) is 0 Å². The number of aromatic nitrogens is 4. The molecule has 0 fully saturated rings. The van der Waals surface area contributed by atoms with Crippen molar-refractivity contribution in [3.05, 3.63) is 108 Å². The summed E-state index contributed by atoms with van der Waals surface area (Å²) in [6, 6.07) is 18.4. The van der Waals surface area contributed by atoms with E-state index in [0.717, 1.165) is 4.57 Å². The van der Waals surface area contributed by atoms with Crippen molar-refractivity contribution in [1.82, 2.24) is 18.7 Å². The van der Waals surface area contributed by atoms with E-state index in [0.29, 0.717) is 32.6 Å². The number of nitrogens with one attached hydrogen (secondary N) is 1.